The summed E-state index contributed by atoms with van der Waals surface area (Å²) in [7, 11) is 0. The predicted molar refractivity (Wildman–Crippen MR) is 81.8 cm³/mol. The van der Waals surface area contributed by atoms with E-state index in [0.717, 1.165) is 29.7 Å². The van der Waals surface area contributed by atoms with Crippen molar-refractivity contribution >= 4 is 0 Å². The Bertz CT molecular complexity index is 600. The molecule has 2 aromatic carbocycles. The van der Waals surface area contributed by atoms with E-state index in [1.54, 1.807) is 0 Å². The van der Waals surface area contributed by atoms with Crippen LogP contribution >= 0.6 is 0 Å². The number of fused-ring (bicyclic) bond motifs is 1. The molecule has 1 heterocycles. The molecule has 2 aromatic rings. The maximum absolute atomic E-state index is 10.9. The van der Waals surface area contributed by atoms with Crippen molar-refractivity contribution in [3.63, 3.8) is 0 Å². The second kappa shape index (κ2) is 5.39. The van der Waals surface area contributed by atoms with E-state index >= 15 is 0 Å². The summed E-state index contributed by atoms with van der Waals surface area (Å²) < 4.78 is 0. The number of aliphatic hydroxyl groups excluding tert-OH is 1. The third-order valence-electron chi connectivity index (χ3n) is 4.30. The van der Waals surface area contributed by atoms with E-state index in [9.17, 15) is 5.11 Å². The molecule has 3 rings (SSSR count). The highest BCUT2D eigenvalue weighted by molar-refractivity contribution is 5.40. The van der Waals surface area contributed by atoms with Crippen molar-refractivity contribution in [2.75, 3.05) is 6.54 Å². The lowest BCUT2D eigenvalue weighted by Crippen LogP contribution is -2.34. The van der Waals surface area contributed by atoms with Gasteiger partial charge in [-0.3, -0.25) is 0 Å². The lowest BCUT2D eigenvalue weighted by Gasteiger charge is -2.32. The molecular formula is C18H21NO. The molecule has 0 saturated carbocycles. The molecule has 1 aliphatic heterocycles. The Morgan fingerprint density at radius 2 is 1.75 bits per heavy atom. The van der Waals surface area contributed by atoms with Gasteiger partial charge in [-0.2, -0.15) is 0 Å². The number of aliphatic hydroxyl groups is 1. The Balaban J connectivity index is 2.02. The van der Waals surface area contributed by atoms with Gasteiger partial charge in [0.15, 0.2) is 0 Å². The number of benzene rings is 2. The van der Waals surface area contributed by atoms with Gasteiger partial charge in [0.1, 0.15) is 0 Å². The van der Waals surface area contributed by atoms with Gasteiger partial charge in [-0.25, -0.2) is 0 Å². The molecule has 20 heavy (non-hydrogen) atoms. The van der Waals surface area contributed by atoms with Crippen molar-refractivity contribution in [3.8, 4) is 0 Å². The van der Waals surface area contributed by atoms with Crippen LogP contribution in [0.1, 0.15) is 40.0 Å². The molecule has 1 aliphatic rings. The summed E-state index contributed by atoms with van der Waals surface area (Å²) in [4.78, 5) is 0. The summed E-state index contributed by atoms with van der Waals surface area (Å²) in [6.07, 6.45) is 0.532. The Kier molecular flexibility index (Phi) is 3.60. The molecule has 0 saturated heterocycles. The van der Waals surface area contributed by atoms with Gasteiger partial charge in [-0.15, -0.1) is 0 Å². The molecule has 0 bridgehead atoms. The average molecular weight is 267 g/mol. The van der Waals surface area contributed by atoms with Crippen molar-refractivity contribution in [3.05, 3.63) is 70.3 Å². The number of hydrogen-bond acceptors (Lipinski definition) is 2. The van der Waals surface area contributed by atoms with Gasteiger partial charge in [-0.05, 0) is 54.6 Å². The van der Waals surface area contributed by atoms with Crippen molar-refractivity contribution in [2.45, 2.75) is 32.4 Å². The summed E-state index contributed by atoms with van der Waals surface area (Å²) in [6, 6.07) is 14.6. The van der Waals surface area contributed by atoms with Gasteiger partial charge in [-0.1, -0.05) is 42.5 Å². The second-order valence-electron chi connectivity index (χ2n) is 5.63. The minimum Gasteiger partial charge on any atom is -0.386 e. The molecule has 0 spiro atoms. The van der Waals surface area contributed by atoms with Crippen LogP contribution in [0.2, 0.25) is 0 Å². The van der Waals surface area contributed by atoms with Crippen LogP contribution in [-0.4, -0.2) is 11.7 Å². The number of hydrogen-bond donors (Lipinski definition) is 2. The molecule has 0 amide bonds. The zero-order valence-electron chi connectivity index (χ0n) is 12.1. The molecule has 0 radical (unpaired) electrons. The summed E-state index contributed by atoms with van der Waals surface area (Å²) >= 11 is 0. The van der Waals surface area contributed by atoms with Crippen LogP contribution in [0.15, 0.2) is 42.5 Å². The molecule has 0 aromatic heterocycles. The Hall–Kier alpha value is -1.64. The van der Waals surface area contributed by atoms with E-state index in [1.165, 1.54) is 11.1 Å². The van der Waals surface area contributed by atoms with E-state index in [2.05, 4.69) is 55.6 Å². The largest absolute Gasteiger partial charge is 0.386 e. The number of aryl methyl sites for hydroxylation is 2. The SMILES string of the molecule is Cc1cccc(C)c1C(O)C1NCCc2ccccc21. The Labute approximate surface area is 120 Å². The van der Waals surface area contributed by atoms with Crippen LogP contribution in [0.4, 0.5) is 0 Å². The fourth-order valence-corrected chi connectivity index (χ4v) is 3.28. The second-order valence-corrected chi connectivity index (χ2v) is 5.63. The highest BCUT2D eigenvalue weighted by Gasteiger charge is 2.28. The van der Waals surface area contributed by atoms with E-state index in [-0.39, 0.29) is 6.04 Å². The molecule has 2 unspecified atom stereocenters. The van der Waals surface area contributed by atoms with Crippen LogP contribution in [-0.2, 0) is 6.42 Å². The van der Waals surface area contributed by atoms with Gasteiger partial charge in [0.05, 0.1) is 12.1 Å². The molecule has 2 heteroatoms. The lowest BCUT2D eigenvalue weighted by molar-refractivity contribution is 0.124. The average Bonchev–Trinajstić information content (AvgIpc) is 2.46. The number of nitrogens with one attached hydrogen (secondary N) is 1. The first-order valence-electron chi connectivity index (χ1n) is 7.24. The topological polar surface area (TPSA) is 32.3 Å². The summed E-state index contributed by atoms with van der Waals surface area (Å²) in [6.45, 7) is 5.06. The van der Waals surface area contributed by atoms with Crippen LogP contribution < -0.4 is 5.32 Å². The third kappa shape index (κ3) is 2.26. The summed E-state index contributed by atoms with van der Waals surface area (Å²) in [5, 5.41) is 14.4. The third-order valence-corrected chi connectivity index (χ3v) is 4.30. The van der Waals surface area contributed by atoms with Crippen LogP contribution in [0.25, 0.3) is 0 Å². The minimum atomic E-state index is -0.502. The fraction of sp³-hybridized carbons (Fsp3) is 0.333. The van der Waals surface area contributed by atoms with E-state index in [4.69, 9.17) is 0 Å². The van der Waals surface area contributed by atoms with E-state index in [0.29, 0.717) is 0 Å². The Morgan fingerprint density at radius 3 is 2.50 bits per heavy atom. The van der Waals surface area contributed by atoms with E-state index < -0.39 is 6.10 Å². The maximum Gasteiger partial charge on any atom is 0.0989 e. The first-order chi connectivity index (χ1) is 9.68. The smallest absolute Gasteiger partial charge is 0.0989 e. The van der Waals surface area contributed by atoms with Crippen molar-refractivity contribution in [1.82, 2.24) is 5.32 Å². The molecule has 2 atom stereocenters. The monoisotopic (exact) mass is 267 g/mol. The fourth-order valence-electron chi connectivity index (χ4n) is 3.28. The van der Waals surface area contributed by atoms with Crippen molar-refractivity contribution in [2.24, 2.45) is 0 Å². The first-order valence-corrected chi connectivity index (χ1v) is 7.24. The molecule has 104 valence electrons. The number of rotatable bonds is 2. The standard InChI is InChI=1S/C18H21NO/c1-12-6-5-7-13(2)16(12)18(20)17-15-9-4-3-8-14(15)10-11-19-17/h3-9,17-20H,10-11H2,1-2H3. The molecule has 2 N–H and O–H groups in total. The van der Waals surface area contributed by atoms with Gasteiger partial charge in [0.2, 0.25) is 0 Å². The molecule has 2 nitrogen and oxygen atoms in total. The van der Waals surface area contributed by atoms with Crippen LogP contribution in [0, 0.1) is 13.8 Å². The highest BCUT2D eigenvalue weighted by atomic mass is 16.3. The van der Waals surface area contributed by atoms with Gasteiger partial charge in [0.25, 0.3) is 0 Å². The Morgan fingerprint density at radius 1 is 1.05 bits per heavy atom. The summed E-state index contributed by atoms with van der Waals surface area (Å²) in [5.74, 6) is 0. The van der Waals surface area contributed by atoms with Crippen molar-refractivity contribution in [1.29, 1.82) is 0 Å². The van der Waals surface area contributed by atoms with Gasteiger partial charge in [0, 0.05) is 0 Å². The van der Waals surface area contributed by atoms with Crippen LogP contribution in [0.3, 0.4) is 0 Å². The molecular weight excluding hydrogens is 246 g/mol. The minimum absolute atomic E-state index is 0.0141. The lowest BCUT2D eigenvalue weighted by atomic mass is 9.86. The molecule has 0 aliphatic carbocycles. The first kappa shape index (κ1) is 13.3. The summed E-state index contributed by atoms with van der Waals surface area (Å²) in [5.41, 5.74) is 5.95. The quantitative estimate of drug-likeness (QED) is 0.875. The molecule has 0 fully saturated rings. The van der Waals surface area contributed by atoms with Gasteiger partial charge >= 0.3 is 0 Å². The maximum atomic E-state index is 10.9. The van der Waals surface area contributed by atoms with Crippen molar-refractivity contribution < 1.29 is 5.11 Å². The normalized spacial score (nSPS) is 19.4. The van der Waals surface area contributed by atoms with Gasteiger partial charge < -0.3 is 10.4 Å². The predicted octanol–water partition coefficient (Wildman–Crippen LogP) is 3.22. The zero-order chi connectivity index (χ0) is 14.1. The highest BCUT2D eigenvalue weighted by Crippen LogP contribution is 2.35. The van der Waals surface area contributed by atoms with E-state index in [1.807, 2.05) is 6.07 Å². The zero-order valence-corrected chi connectivity index (χ0v) is 12.1. The van der Waals surface area contributed by atoms with Crippen LogP contribution in [0.5, 0.6) is 0 Å².